The summed E-state index contributed by atoms with van der Waals surface area (Å²) in [6.07, 6.45) is 2.97. The highest BCUT2D eigenvalue weighted by Gasteiger charge is 1.98. The zero-order chi connectivity index (χ0) is 9.94. The smallest absolute Gasteiger partial charge is 0.219 e. The Balaban J connectivity index is 3.11. The van der Waals surface area contributed by atoms with Crippen molar-refractivity contribution in [1.29, 1.82) is 0 Å². The van der Waals surface area contributed by atoms with E-state index < -0.39 is 0 Å². The second-order valence-electron chi connectivity index (χ2n) is 2.99. The van der Waals surface area contributed by atoms with Crippen molar-refractivity contribution in [3.05, 3.63) is 0 Å². The van der Waals surface area contributed by atoms with Crippen LogP contribution in [0.1, 0.15) is 25.7 Å². The topological polar surface area (TPSA) is 61.4 Å². The normalized spacial score (nSPS) is 10.0. The van der Waals surface area contributed by atoms with Gasteiger partial charge in [-0.1, -0.05) is 0 Å². The van der Waals surface area contributed by atoms with Crippen LogP contribution in [0.2, 0.25) is 0 Å². The van der Waals surface area contributed by atoms with Gasteiger partial charge in [-0.25, -0.2) is 0 Å². The first-order valence-electron chi connectivity index (χ1n) is 4.83. The summed E-state index contributed by atoms with van der Waals surface area (Å²) in [5.41, 5.74) is 0. The lowest BCUT2D eigenvalue weighted by molar-refractivity contribution is -0.121. The van der Waals surface area contributed by atoms with Gasteiger partial charge in [-0.2, -0.15) is 0 Å². The van der Waals surface area contributed by atoms with E-state index in [1.807, 2.05) is 7.05 Å². The number of carbonyl (C=O) groups excluding carboxylic acids is 1. The first kappa shape index (κ1) is 12.4. The van der Waals surface area contributed by atoms with E-state index in [1.54, 1.807) is 0 Å². The molecule has 0 aliphatic rings. The van der Waals surface area contributed by atoms with Crippen molar-refractivity contribution in [3.63, 3.8) is 0 Å². The lowest BCUT2D eigenvalue weighted by atomic mass is 10.2. The van der Waals surface area contributed by atoms with E-state index >= 15 is 0 Å². The fraction of sp³-hybridized carbons (Fsp3) is 0.889. The van der Waals surface area contributed by atoms with Crippen LogP contribution in [0.25, 0.3) is 0 Å². The Labute approximate surface area is 79.7 Å². The lowest BCUT2D eigenvalue weighted by Gasteiger charge is -2.03. The minimum Gasteiger partial charge on any atom is -0.396 e. The second kappa shape index (κ2) is 9.48. The molecule has 0 unspecified atom stereocenters. The molecule has 78 valence electrons. The van der Waals surface area contributed by atoms with Gasteiger partial charge in [0.15, 0.2) is 0 Å². The molecule has 4 nitrogen and oxygen atoms in total. The number of unbranched alkanes of at least 4 members (excludes halogenated alkanes) is 1. The maximum Gasteiger partial charge on any atom is 0.219 e. The van der Waals surface area contributed by atoms with Gasteiger partial charge in [-0.15, -0.1) is 0 Å². The van der Waals surface area contributed by atoms with Crippen LogP contribution in [-0.4, -0.2) is 37.8 Å². The Morgan fingerprint density at radius 1 is 1.23 bits per heavy atom. The third kappa shape index (κ3) is 9.30. The van der Waals surface area contributed by atoms with E-state index in [0.29, 0.717) is 12.8 Å². The van der Waals surface area contributed by atoms with Gasteiger partial charge in [-0.3, -0.25) is 4.79 Å². The molecule has 0 aromatic carbocycles. The van der Waals surface area contributed by atoms with Gasteiger partial charge < -0.3 is 15.7 Å². The first-order valence-corrected chi connectivity index (χ1v) is 4.83. The third-order valence-electron chi connectivity index (χ3n) is 1.74. The highest BCUT2D eigenvalue weighted by Crippen LogP contribution is 1.93. The molecule has 0 fully saturated rings. The Morgan fingerprint density at radius 2 is 2.00 bits per heavy atom. The van der Waals surface area contributed by atoms with Gasteiger partial charge in [0.2, 0.25) is 5.91 Å². The second-order valence-corrected chi connectivity index (χ2v) is 2.99. The van der Waals surface area contributed by atoms with E-state index in [0.717, 1.165) is 25.9 Å². The Kier molecular flexibility index (Phi) is 9.03. The van der Waals surface area contributed by atoms with Crippen molar-refractivity contribution in [1.82, 2.24) is 10.6 Å². The van der Waals surface area contributed by atoms with Gasteiger partial charge in [0.1, 0.15) is 0 Å². The van der Waals surface area contributed by atoms with Crippen LogP contribution in [-0.2, 0) is 4.79 Å². The first-order chi connectivity index (χ1) is 6.31. The summed E-state index contributed by atoms with van der Waals surface area (Å²) in [6.45, 7) is 1.84. The highest BCUT2D eigenvalue weighted by molar-refractivity contribution is 5.75. The van der Waals surface area contributed by atoms with Gasteiger partial charge in [0, 0.05) is 19.6 Å². The van der Waals surface area contributed by atoms with Crippen molar-refractivity contribution in [2.75, 3.05) is 26.7 Å². The summed E-state index contributed by atoms with van der Waals surface area (Å²) in [6, 6.07) is 0. The predicted octanol–water partition coefficient (Wildman–Crippen LogP) is -0.125. The van der Waals surface area contributed by atoms with Crippen LogP contribution in [0.3, 0.4) is 0 Å². The monoisotopic (exact) mass is 188 g/mol. The molecule has 1 amide bonds. The summed E-state index contributed by atoms with van der Waals surface area (Å²) in [5, 5.41) is 14.3. The van der Waals surface area contributed by atoms with E-state index in [1.165, 1.54) is 0 Å². The minimum atomic E-state index is 0.0875. The fourth-order valence-corrected chi connectivity index (χ4v) is 0.979. The average molecular weight is 188 g/mol. The van der Waals surface area contributed by atoms with Crippen molar-refractivity contribution in [2.24, 2.45) is 0 Å². The SMILES string of the molecule is CNCCCNC(=O)CCCCO. The van der Waals surface area contributed by atoms with E-state index in [4.69, 9.17) is 5.11 Å². The third-order valence-corrected chi connectivity index (χ3v) is 1.74. The number of hydrogen-bond donors (Lipinski definition) is 3. The summed E-state index contributed by atoms with van der Waals surface area (Å²) >= 11 is 0. The van der Waals surface area contributed by atoms with E-state index in [-0.39, 0.29) is 12.5 Å². The number of amides is 1. The van der Waals surface area contributed by atoms with Crippen molar-refractivity contribution in [2.45, 2.75) is 25.7 Å². The van der Waals surface area contributed by atoms with Crippen LogP contribution in [0, 0.1) is 0 Å². The lowest BCUT2D eigenvalue weighted by Crippen LogP contribution is -2.26. The van der Waals surface area contributed by atoms with Crippen LogP contribution >= 0.6 is 0 Å². The van der Waals surface area contributed by atoms with Crippen LogP contribution in [0.4, 0.5) is 0 Å². The number of nitrogens with one attached hydrogen (secondary N) is 2. The molecule has 0 spiro atoms. The highest BCUT2D eigenvalue weighted by atomic mass is 16.2. The average Bonchev–Trinajstić information content (AvgIpc) is 2.13. The Morgan fingerprint density at radius 3 is 2.62 bits per heavy atom. The standard InChI is InChI=1S/C9H20N2O2/c1-10-6-4-7-11-9(13)5-2-3-8-12/h10,12H,2-8H2,1H3,(H,11,13). The zero-order valence-electron chi connectivity index (χ0n) is 8.31. The molecule has 0 heterocycles. The number of hydrogen-bond acceptors (Lipinski definition) is 3. The summed E-state index contributed by atoms with van der Waals surface area (Å²) in [4.78, 5) is 11.1. The van der Waals surface area contributed by atoms with E-state index in [2.05, 4.69) is 10.6 Å². The molecule has 4 heteroatoms. The van der Waals surface area contributed by atoms with Crippen LogP contribution in [0.15, 0.2) is 0 Å². The molecule has 3 N–H and O–H groups in total. The quantitative estimate of drug-likeness (QED) is 0.465. The molecule has 0 aliphatic heterocycles. The zero-order valence-corrected chi connectivity index (χ0v) is 8.31. The van der Waals surface area contributed by atoms with Crippen LogP contribution < -0.4 is 10.6 Å². The largest absolute Gasteiger partial charge is 0.396 e. The van der Waals surface area contributed by atoms with Crippen molar-refractivity contribution < 1.29 is 9.90 Å². The molecule has 0 atom stereocenters. The molecule has 0 rings (SSSR count). The van der Waals surface area contributed by atoms with E-state index in [9.17, 15) is 4.79 Å². The Bertz CT molecular complexity index is 129. The number of aliphatic hydroxyl groups excluding tert-OH is 1. The van der Waals surface area contributed by atoms with Crippen LogP contribution in [0.5, 0.6) is 0 Å². The summed E-state index contributed by atoms with van der Waals surface area (Å²) < 4.78 is 0. The predicted molar refractivity (Wildman–Crippen MR) is 52.5 cm³/mol. The number of rotatable bonds is 8. The molecule has 0 bridgehead atoms. The van der Waals surface area contributed by atoms with Gasteiger partial charge in [-0.05, 0) is 32.9 Å². The van der Waals surface area contributed by atoms with Gasteiger partial charge in [0.25, 0.3) is 0 Å². The number of carbonyl (C=O) groups is 1. The minimum absolute atomic E-state index is 0.0875. The fourth-order valence-electron chi connectivity index (χ4n) is 0.979. The number of aliphatic hydroxyl groups is 1. The van der Waals surface area contributed by atoms with Crippen molar-refractivity contribution >= 4 is 5.91 Å². The molecule has 0 saturated heterocycles. The van der Waals surface area contributed by atoms with Gasteiger partial charge in [0.05, 0.1) is 0 Å². The molecule has 0 saturated carbocycles. The molecule has 0 aliphatic carbocycles. The maximum atomic E-state index is 11.1. The molecule has 0 radical (unpaired) electrons. The summed E-state index contributed by atoms with van der Waals surface area (Å²) in [7, 11) is 1.89. The van der Waals surface area contributed by atoms with Crippen molar-refractivity contribution in [3.8, 4) is 0 Å². The Hall–Kier alpha value is -0.610. The molecule has 0 aromatic rings. The summed E-state index contributed by atoms with van der Waals surface area (Å²) in [5.74, 6) is 0.0875. The maximum absolute atomic E-state index is 11.1. The molecule has 13 heavy (non-hydrogen) atoms. The molecule has 0 aromatic heterocycles. The molecular weight excluding hydrogens is 168 g/mol. The van der Waals surface area contributed by atoms with Gasteiger partial charge >= 0.3 is 0 Å². The molecular formula is C9H20N2O2.